The molecule has 0 saturated carbocycles. The van der Waals surface area contributed by atoms with Crippen molar-refractivity contribution in [2.45, 2.75) is 20.8 Å². The molecule has 0 spiro atoms. The normalized spacial score (nSPS) is 9.44. The molecule has 0 radical (unpaired) electrons. The lowest BCUT2D eigenvalue weighted by Gasteiger charge is -2.07. The number of carbonyl (C=O) groups excluding carboxylic acids is 1. The second-order valence-corrected chi connectivity index (χ2v) is 3.84. The van der Waals surface area contributed by atoms with Gasteiger partial charge in [0.05, 0.1) is 5.69 Å². The molecular weight excluding hydrogens is 204 g/mol. The van der Waals surface area contributed by atoms with Gasteiger partial charge in [-0.05, 0) is 38.5 Å². The molecular formula is C12H16N2O2. The monoisotopic (exact) mass is 220 g/mol. The van der Waals surface area contributed by atoms with E-state index in [4.69, 9.17) is 0 Å². The number of carbonyl (C=O) groups is 1. The predicted octanol–water partition coefficient (Wildman–Crippen LogP) is 2.75. The molecule has 16 heavy (non-hydrogen) atoms. The second-order valence-electron chi connectivity index (χ2n) is 3.84. The third kappa shape index (κ3) is 3.65. The number of benzene rings is 1. The van der Waals surface area contributed by atoms with Gasteiger partial charge >= 0.3 is 6.03 Å². The van der Waals surface area contributed by atoms with Gasteiger partial charge in [0.15, 0.2) is 0 Å². The third-order valence-corrected chi connectivity index (χ3v) is 1.89. The smallest absolute Gasteiger partial charge is 0.323 e. The van der Waals surface area contributed by atoms with Crippen molar-refractivity contribution in [2.24, 2.45) is 0 Å². The standard InChI is InChI=1S/C12H16N2O2/c1-8(2)7-13-12(16)14-10-6-9(3)4-5-11(10)15/h4-7,15H,1-3H3,(H2,13,14,16). The summed E-state index contributed by atoms with van der Waals surface area (Å²) >= 11 is 0. The number of nitrogens with one attached hydrogen (secondary N) is 2. The molecule has 1 aromatic carbocycles. The number of allylic oxidation sites excluding steroid dienone is 1. The molecule has 0 heterocycles. The van der Waals surface area contributed by atoms with E-state index < -0.39 is 0 Å². The maximum atomic E-state index is 11.4. The number of hydrogen-bond acceptors (Lipinski definition) is 2. The Morgan fingerprint density at radius 2 is 2.06 bits per heavy atom. The van der Waals surface area contributed by atoms with E-state index >= 15 is 0 Å². The first-order valence-electron chi connectivity index (χ1n) is 4.99. The molecule has 4 nitrogen and oxygen atoms in total. The Bertz CT molecular complexity index is 421. The lowest BCUT2D eigenvalue weighted by Crippen LogP contribution is -2.24. The topological polar surface area (TPSA) is 61.4 Å². The molecule has 0 atom stereocenters. The average Bonchev–Trinajstić information content (AvgIpc) is 2.20. The van der Waals surface area contributed by atoms with Gasteiger partial charge in [-0.2, -0.15) is 0 Å². The SMILES string of the molecule is CC(C)=CNC(=O)Nc1cc(C)ccc1O. The van der Waals surface area contributed by atoms with Gasteiger partial charge in [-0.15, -0.1) is 0 Å². The van der Waals surface area contributed by atoms with Crippen molar-refractivity contribution in [1.29, 1.82) is 0 Å². The molecule has 0 bridgehead atoms. The largest absolute Gasteiger partial charge is 0.506 e. The van der Waals surface area contributed by atoms with Gasteiger partial charge in [-0.1, -0.05) is 11.6 Å². The Hall–Kier alpha value is -1.97. The average molecular weight is 220 g/mol. The third-order valence-electron chi connectivity index (χ3n) is 1.89. The Morgan fingerprint density at radius 3 is 2.69 bits per heavy atom. The number of anilines is 1. The van der Waals surface area contributed by atoms with Crippen molar-refractivity contribution in [2.75, 3.05) is 5.32 Å². The van der Waals surface area contributed by atoms with E-state index in [9.17, 15) is 9.90 Å². The van der Waals surface area contributed by atoms with Crippen LogP contribution in [0.2, 0.25) is 0 Å². The quantitative estimate of drug-likeness (QED) is 0.671. The fourth-order valence-corrected chi connectivity index (χ4v) is 1.12. The molecule has 2 amide bonds. The highest BCUT2D eigenvalue weighted by atomic mass is 16.3. The van der Waals surface area contributed by atoms with Crippen LogP contribution in [0.3, 0.4) is 0 Å². The number of aromatic hydroxyl groups is 1. The molecule has 1 aromatic rings. The Balaban J connectivity index is 2.69. The minimum atomic E-state index is -0.373. The zero-order chi connectivity index (χ0) is 12.1. The number of urea groups is 1. The van der Waals surface area contributed by atoms with Crippen molar-refractivity contribution >= 4 is 11.7 Å². The maximum absolute atomic E-state index is 11.4. The fourth-order valence-electron chi connectivity index (χ4n) is 1.12. The van der Waals surface area contributed by atoms with Crippen LogP contribution in [-0.2, 0) is 0 Å². The number of amides is 2. The first-order chi connectivity index (χ1) is 7.49. The van der Waals surface area contributed by atoms with E-state index in [1.165, 1.54) is 0 Å². The highest BCUT2D eigenvalue weighted by Gasteiger charge is 2.04. The first-order valence-corrected chi connectivity index (χ1v) is 4.99. The summed E-state index contributed by atoms with van der Waals surface area (Å²) < 4.78 is 0. The van der Waals surface area contributed by atoms with E-state index in [-0.39, 0.29) is 11.8 Å². The zero-order valence-electron chi connectivity index (χ0n) is 9.66. The van der Waals surface area contributed by atoms with Crippen molar-refractivity contribution in [3.63, 3.8) is 0 Å². The van der Waals surface area contributed by atoms with Crippen LogP contribution >= 0.6 is 0 Å². The van der Waals surface area contributed by atoms with E-state index in [0.29, 0.717) is 5.69 Å². The Kier molecular flexibility index (Phi) is 3.94. The number of hydrogen-bond donors (Lipinski definition) is 3. The number of rotatable bonds is 2. The lowest BCUT2D eigenvalue weighted by atomic mass is 10.2. The fraction of sp³-hybridized carbons (Fsp3) is 0.250. The molecule has 0 saturated heterocycles. The maximum Gasteiger partial charge on any atom is 0.323 e. The summed E-state index contributed by atoms with van der Waals surface area (Å²) in [5.41, 5.74) is 2.36. The van der Waals surface area contributed by atoms with E-state index in [2.05, 4.69) is 10.6 Å². The van der Waals surface area contributed by atoms with Crippen LogP contribution in [0, 0.1) is 6.92 Å². The Morgan fingerprint density at radius 1 is 1.38 bits per heavy atom. The van der Waals surface area contributed by atoms with Crippen LogP contribution in [0.15, 0.2) is 30.0 Å². The van der Waals surface area contributed by atoms with Gasteiger partial charge < -0.3 is 15.7 Å². The number of phenolic OH excluding ortho intramolecular Hbond substituents is 1. The minimum absolute atomic E-state index is 0.0537. The summed E-state index contributed by atoms with van der Waals surface area (Å²) in [5, 5.41) is 14.6. The molecule has 86 valence electrons. The van der Waals surface area contributed by atoms with Crippen LogP contribution in [0.25, 0.3) is 0 Å². The summed E-state index contributed by atoms with van der Waals surface area (Å²) in [6, 6.07) is 4.65. The van der Waals surface area contributed by atoms with Gasteiger partial charge in [-0.25, -0.2) is 4.79 Å². The van der Waals surface area contributed by atoms with Crippen molar-refractivity contribution in [3.8, 4) is 5.75 Å². The molecule has 3 N–H and O–H groups in total. The minimum Gasteiger partial charge on any atom is -0.506 e. The number of phenols is 1. The van der Waals surface area contributed by atoms with Crippen LogP contribution in [0.5, 0.6) is 5.75 Å². The lowest BCUT2D eigenvalue weighted by molar-refractivity contribution is 0.255. The Labute approximate surface area is 95.0 Å². The second kappa shape index (κ2) is 5.21. The molecule has 0 aromatic heterocycles. The molecule has 4 heteroatoms. The van der Waals surface area contributed by atoms with Gasteiger partial charge in [-0.3, -0.25) is 0 Å². The summed E-state index contributed by atoms with van der Waals surface area (Å²) in [5.74, 6) is 0.0537. The van der Waals surface area contributed by atoms with Crippen LogP contribution in [0.1, 0.15) is 19.4 Å². The van der Waals surface area contributed by atoms with Crippen LogP contribution in [-0.4, -0.2) is 11.1 Å². The van der Waals surface area contributed by atoms with Crippen molar-refractivity contribution < 1.29 is 9.90 Å². The molecule has 0 aliphatic carbocycles. The summed E-state index contributed by atoms with van der Waals surface area (Å²) in [6.45, 7) is 5.65. The predicted molar refractivity (Wildman–Crippen MR) is 64.4 cm³/mol. The van der Waals surface area contributed by atoms with E-state index in [1.54, 1.807) is 24.4 Å². The molecule has 0 aliphatic heterocycles. The van der Waals surface area contributed by atoms with Gasteiger partial charge in [0.25, 0.3) is 0 Å². The van der Waals surface area contributed by atoms with Crippen molar-refractivity contribution in [3.05, 3.63) is 35.5 Å². The summed E-state index contributed by atoms with van der Waals surface area (Å²) in [6.07, 6.45) is 1.60. The van der Waals surface area contributed by atoms with Crippen molar-refractivity contribution in [1.82, 2.24) is 5.32 Å². The first kappa shape index (κ1) is 12.1. The zero-order valence-corrected chi connectivity index (χ0v) is 9.66. The highest BCUT2D eigenvalue weighted by Crippen LogP contribution is 2.23. The molecule has 0 unspecified atom stereocenters. The molecule has 1 rings (SSSR count). The van der Waals surface area contributed by atoms with Gasteiger partial charge in [0.2, 0.25) is 0 Å². The molecule has 0 fully saturated rings. The summed E-state index contributed by atoms with van der Waals surface area (Å²) in [4.78, 5) is 11.4. The van der Waals surface area contributed by atoms with Gasteiger partial charge in [0, 0.05) is 6.20 Å². The highest BCUT2D eigenvalue weighted by molar-refractivity contribution is 5.91. The van der Waals surface area contributed by atoms with Crippen LogP contribution in [0.4, 0.5) is 10.5 Å². The summed E-state index contributed by atoms with van der Waals surface area (Å²) in [7, 11) is 0. The van der Waals surface area contributed by atoms with Crippen LogP contribution < -0.4 is 10.6 Å². The van der Waals surface area contributed by atoms with Gasteiger partial charge in [0.1, 0.15) is 5.75 Å². The molecule has 0 aliphatic rings. The van der Waals surface area contributed by atoms with E-state index in [0.717, 1.165) is 11.1 Å². The van der Waals surface area contributed by atoms with E-state index in [1.807, 2.05) is 20.8 Å². The number of aryl methyl sites for hydroxylation is 1.